The molecule has 1 saturated heterocycles. The van der Waals surface area contributed by atoms with Gasteiger partial charge in [-0.3, -0.25) is 9.69 Å². The van der Waals surface area contributed by atoms with Crippen LogP contribution in [0.5, 0.6) is 0 Å². The van der Waals surface area contributed by atoms with Crippen LogP contribution >= 0.6 is 0 Å². The van der Waals surface area contributed by atoms with Crippen molar-refractivity contribution in [1.29, 1.82) is 0 Å². The molecule has 116 valence electrons. The average molecular weight is 289 g/mol. The van der Waals surface area contributed by atoms with Crippen molar-refractivity contribution in [3.8, 4) is 0 Å². The van der Waals surface area contributed by atoms with Gasteiger partial charge in [0.2, 0.25) is 0 Å². The first-order valence-electron chi connectivity index (χ1n) is 7.90. The number of nitrogens with zero attached hydrogens (tertiary/aromatic N) is 1. The van der Waals surface area contributed by atoms with E-state index in [1.807, 2.05) is 26.8 Å². The molecule has 0 radical (unpaired) electrons. The third-order valence-electron chi connectivity index (χ3n) is 3.73. The van der Waals surface area contributed by atoms with Crippen molar-refractivity contribution >= 4 is 5.97 Å². The Morgan fingerprint density at radius 3 is 2.67 bits per heavy atom. The molecular weight excluding hydrogens is 262 g/mol. The van der Waals surface area contributed by atoms with Crippen molar-refractivity contribution in [3.05, 3.63) is 35.9 Å². The Bertz CT molecular complexity index is 450. The van der Waals surface area contributed by atoms with E-state index in [0.717, 1.165) is 26.1 Å². The molecule has 2 rings (SSSR count). The van der Waals surface area contributed by atoms with Crippen molar-refractivity contribution < 1.29 is 9.53 Å². The summed E-state index contributed by atoms with van der Waals surface area (Å²) in [6.07, 6.45) is 2.84. The average Bonchev–Trinajstić information content (AvgIpc) is 2.38. The summed E-state index contributed by atoms with van der Waals surface area (Å²) in [5.41, 5.74) is 0.963. The zero-order valence-corrected chi connectivity index (χ0v) is 13.5. The molecule has 1 aromatic carbocycles. The molecule has 0 amide bonds. The second kappa shape index (κ2) is 7.08. The van der Waals surface area contributed by atoms with Crippen molar-refractivity contribution in [3.63, 3.8) is 0 Å². The van der Waals surface area contributed by atoms with Gasteiger partial charge in [-0.05, 0) is 51.6 Å². The van der Waals surface area contributed by atoms with Gasteiger partial charge in [-0.25, -0.2) is 0 Å². The number of esters is 1. The minimum atomic E-state index is -0.379. The molecule has 0 unspecified atom stereocenters. The van der Waals surface area contributed by atoms with Crippen LogP contribution in [0.2, 0.25) is 0 Å². The normalized spacial score (nSPS) is 20.2. The summed E-state index contributed by atoms with van der Waals surface area (Å²) in [5, 5.41) is 0. The molecule has 21 heavy (non-hydrogen) atoms. The molecule has 0 aromatic heterocycles. The standard InChI is InChI=1S/C18H27NO2/c1-18(2,3)21-17(20)12-16-10-7-11-19(14-16)13-15-8-5-4-6-9-15/h4-6,8-9,16H,7,10-14H2,1-3H3/t16-/m0/s1. The van der Waals surface area contributed by atoms with Gasteiger partial charge >= 0.3 is 5.97 Å². The maximum Gasteiger partial charge on any atom is 0.306 e. The van der Waals surface area contributed by atoms with E-state index >= 15 is 0 Å². The van der Waals surface area contributed by atoms with Crippen LogP contribution < -0.4 is 0 Å². The summed E-state index contributed by atoms with van der Waals surface area (Å²) in [5.74, 6) is 0.367. The number of hydrogen-bond donors (Lipinski definition) is 0. The number of hydrogen-bond acceptors (Lipinski definition) is 3. The number of carbonyl (C=O) groups excluding carboxylic acids is 1. The number of likely N-dealkylation sites (tertiary alicyclic amines) is 1. The van der Waals surface area contributed by atoms with Gasteiger partial charge in [0.15, 0.2) is 0 Å². The highest BCUT2D eigenvalue weighted by molar-refractivity contribution is 5.70. The molecule has 0 bridgehead atoms. The van der Waals surface area contributed by atoms with E-state index in [0.29, 0.717) is 12.3 Å². The van der Waals surface area contributed by atoms with Gasteiger partial charge in [-0.2, -0.15) is 0 Å². The lowest BCUT2D eigenvalue weighted by molar-refractivity contribution is -0.156. The van der Waals surface area contributed by atoms with Crippen LogP contribution in [0.25, 0.3) is 0 Å². The first kappa shape index (κ1) is 16.0. The van der Waals surface area contributed by atoms with E-state index in [4.69, 9.17) is 4.74 Å². The first-order valence-corrected chi connectivity index (χ1v) is 7.90. The van der Waals surface area contributed by atoms with Gasteiger partial charge < -0.3 is 4.74 Å². The van der Waals surface area contributed by atoms with Crippen molar-refractivity contribution in [2.45, 2.75) is 52.2 Å². The van der Waals surface area contributed by atoms with E-state index < -0.39 is 0 Å². The van der Waals surface area contributed by atoms with E-state index in [-0.39, 0.29) is 11.6 Å². The second-order valence-electron chi connectivity index (χ2n) is 7.02. The molecule has 3 nitrogen and oxygen atoms in total. The zero-order chi connectivity index (χ0) is 15.3. The number of rotatable bonds is 4. The highest BCUT2D eigenvalue weighted by Crippen LogP contribution is 2.22. The smallest absolute Gasteiger partial charge is 0.306 e. The molecule has 0 spiro atoms. The number of ether oxygens (including phenoxy) is 1. The number of carbonyl (C=O) groups is 1. The third-order valence-corrected chi connectivity index (χ3v) is 3.73. The van der Waals surface area contributed by atoms with Crippen molar-refractivity contribution in [2.24, 2.45) is 5.92 Å². The summed E-state index contributed by atoms with van der Waals surface area (Å²) in [6, 6.07) is 10.5. The molecule has 0 aliphatic carbocycles. The second-order valence-corrected chi connectivity index (χ2v) is 7.02. The maximum atomic E-state index is 12.0. The Balaban J connectivity index is 1.82. The fourth-order valence-corrected chi connectivity index (χ4v) is 2.92. The summed E-state index contributed by atoms with van der Waals surface area (Å²) >= 11 is 0. The SMILES string of the molecule is CC(C)(C)OC(=O)C[C@@H]1CCCN(Cc2ccccc2)C1. The predicted octanol–water partition coefficient (Wildman–Crippen LogP) is 3.63. The molecule has 1 aliphatic rings. The van der Waals surface area contributed by atoms with Gasteiger partial charge in [0.05, 0.1) is 0 Å². The van der Waals surface area contributed by atoms with Crippen molar-refractivity contribution in [2.75, 3.05) is 13.1 Å². The van der Waals surface area contributed by atoms with Crippen LogP contribution in [-0.4, -0.2) is 29.6 Å². The van der Waals surface area contributed by atoms with Crippen LogP contribution in [0.1, 0.15) is 45.6 Å². The molecule has 1 heterocycles. The number of piperidine rings is 1. The molecule has 1 atom stereocenters. The lowest BCUT2D eigenvalue weighted by Gasteiger charge is -2.32. The fourth-order valence-electron chi connectivity index (χ4n) is 2.92. The first-order chi connectivity index (χ1) is 9.92. The topological polar surface area (TPSA) is 29.5 Å². The molecule has 0 saturated carbocycles. The lowest BCUT2D eigenvalue weighted by atomic mass is 9.94. The van der Waals surface area contributed by atoms with Crippen LogP contribution in [-0.2, 0) is 16.1 Å². The molecule has 1 aromatic rings. The quantitative estimate of drug-likeness (QED) is 0.793. The minimum Gasteiger partial charge on any atom is -0.460 e. The van der Waals surface area contributed by atoms with Gasteiger partial charge in [-0.15, -0.1) is 0 Å². The van der Waals surface area contributed by atoms with E-state index in [9.17, 15) is 4.79 Å². The van der Waals surface area contributed by atoms with E-state index in [2.05, 4.69) is 29.2 Å². The van der Waals surface area contributed by atoms with Crippen LogP contribution in [0.15, 0.2) is 30.3 Å². The highest BCUT2D eigenvalue weighted by atomic mass is 16.6. The van der Waals surface area contributed by atoms with Crippen molar-refractivity contribution in [1.82, 2.24) is 4.90 Å². The van der Waals surface area contributed by atoms with E-state index in [1.165, 1.54) is 12.0 Å². The highest BCUT2D eigenvalue weighted by Gasteiger charge is 2.25. The zero-order valence-electron chi connectivity index (χ0n) is 13.5. The Kier molecular flexibility index (Phi) is 5.40. The summed E-state index contributed by atoms with van der Waals surface area (Å²) in [6.45, 7) is 8.87. The predicted molar refractivity (Wildman–Crippen MR) is 84.9 cm³/mol. The number of benzene rings is 1. The monoisotopic (exact) mass is 289 g/mol. The fraction of sp³-hybridized carbons (Fsp3) is 0.611. The largest absolute Gasteiger partial charge is 0.460 e. The Morgan fingerprint density at radius 1 is 1.29 bits per heavy atom. The maximum absolute atomic E-state index is 12.0. The lowest BCUT2D eigenvalue weighted by Crippen LogP contribution is -2.36. The molecular formula is C18H27NO2. The molecule has 0 N–H and O–H groups in total. The molecule has 3 heteroatoms. The van der Waals surface area contributed by atoms with Gasteiger partial charge in [0.1, 0.15) is 5.60 Å². The molecule has 1 aliphatic heterocycles. The summed E-state index contributed by atoms with van der Waals surface area (Å²) < 4.78 is 5.44. The third kappa shape index (κ3) is 5.88. The summed E-state index contributed by atoms with van der Waals surface area (Å²) in [7, 11) is 0. The van der Waals surface area contributed by atoms with Gasteiger partial charge in [-0.1, -0.05) is 30.3 Å². The minimum absolute atomic E-state index is 0.0611. The Morgan fingerprint density at radius 2 is 2.00 bits per heavy atom. The van der Waals surface area contributed by atoms with Gasteiger partial charge in [0, 0.05) is 19.5 Å². The van der Waals surface area contributed by atoms with E-state index in [1.54, 1.807) is 0 Å². The van der Waals surface area contributed by atoms with Crippen LogP contribution in [0.3, 0.4) is 0 Å². The summed E-state index contributed by atoms with van der Waals surface area (Å²) in [4.78, 5) is 14.4. The Labute approximate surface area is 128 Å². The van der Waals surface area contributed by atoms with Crippen LogP contribution in [0, 0.1) is 5.92 Å². The molecule has 1 fully saturated rings. The van der Waals surface area contributed by atoms with Gasteiger partial charge in [0.25, 0.3) is 0 Å². The van der Waals surface area contributed by atoms with Crippen LogP contribution in [0.4, 0.5) is 0 Å². The Hall–Kier alpha value is -1.35.